The van der Waals surface area contributed by atoms with Gasteiger partial charge in [-0.2, -0.15) is 0 Å². The van der Waals surface area contributed by atoms with Gasteiger partial charge in [-0.1, -0.05) is 6.07 Å². The molecule has 3 rings (SSSR count). The lowest BCUT2D eigenvalue weighted by atomic mass is 10.0. The van der Waals surface area contributed by atoms with E-state index in [9.17, 15) is 4.39 Å². The van der Waals surface area contributed by atoms with Crippen LogP contribution in [0.5, 0.6) is 0 Å². The van der Waals surface area contributed by atoms with Crippen LogP contribution in [0.2, 0.25) is 0 Å². The zero-order valence-corrected chi connectivity index (χ0v) is 11.2. The zero-order valence-electron chi connectivity index (χ0n) is 11.2. The van der Waals surface area contributed by atoms with E-state index in [1.807, 2.05) is 13.1 Å². The predicted molar refractivity (Wildman–Crippen MR) is 71.8 cm³/mol. The number of imidazole rings is 1. The van der Waals surface area contributed by atoms with Crippen molar-refractivity contribution in [1.82, 2.24) is 14.9 Å². The number of ether oxygens (including phenoxy) is 1. The Morgan fingerprint density at radius 1 is 1.47 bits per heavy atom. The van der Waals surface area contributed by atoms with Gasteiger partial charge in [0.15, 0.2) is 5.82 Å². The standard InChI is InChI=1S/C14H18FN3O/c1-3-18-12-6-4-5-10(15)13(12)17-14(18)9-7-19-8-11(9)16-2/h4-6,9,11,16H,3,7-8H2,1-2H3. The number of aryl methyl sites for hydroxylation is 1. The van der Waals surface area contributed by atoms with E-state index in [2.05, 4.69) is 21.8 Å². The Bertz CT molecular complexity index is 596. The maximum Gasteiger partial charge on any atom is 0.151 e. The second-order valence-electron chi connectivity index (χ2n) is 4.86. The predicted octanol–water partition coefficient (Wildman–Crippen LogP) is 1.90. The van der Waals surface area contributed by atoms with Crippen molar-refractivity contribution in [1.29, 1.82) is 0 Å². The fourth-order valence-corrected chi connectivity index (χ4v) is 2.84. The van der Waals surface area contributed by atoms with E-state index in [1.54, 1.807) is 6.07 Å². The summed E-state index contributed by atoms with van der Waals surface area (Å²) in [6.45, 7) is 4.15. The van der Waals surface area contributed by atoms with Crippen LogP contribution in [0.3, 0.4) is 0 Å². The third-order valence-electron chi connectivity index (χ3n) is 3.86. The van der Waals surface area contributed by atoms with Gasteiger partial charge in [-0.15, -0.1) is 0 Å². The van der Waals surface area contributed by atoms with Crippen molar-refractivity contribution in [3.8, 4) is 0 Å². The Kier molecular flexibility index (Phi) is 3.24. The third-order valence-corrected chi connectivity index (χ3v) is 3.86. The first-order valence-corrected chi connectivity index (χ1v) is 6.66. The second kappa shape index (κ2) is 4.90. The molecule has 5 heteroatoms. The molecule has 0 saturated carbocycles. The Morgan fingerprint density at radius 3 is 3.05 bits per heavy atom. The number of rotatable bonds is 3. The molecule has 1 saturated heterocycles. The van der Waals surface area contributed by atoms with Gasteiger partial charge in [0, 0.05) is 12.6 Å². The van der Waals surface area contributed by atoms with Crippen molar-refractivity contribution in [2.24, 2.45) is 0 Å². The first kappa shape index (κ1) is 12.6. The number of benzene rings is 1. The molecule has 0 aliphatic carbocycles. The fourth-order valence-electron chi connectivity index (χ4n) is 2.84. The highest BCUT2D eigenvalue weighted by Crippen LogP contribution is 2.29. The van der Waals surface area contributed by atoms with Crippen LogP contribution in [-0.2, 0) is 11.3 Å². The highest BCUT2D eigenvalue weighted by atomic mass is 19.1. The van der Waals surface area contributed by atoms with Crippen molar-refractivity contribution >= 4 is 11.0 Å². The Labute approximate surface area is 111 Å². The normalized spacial score (nSPS) is 23.3. The van der Waals surface area contributed by atoms with Gasteiger partial charge in [0.1, 0.15) is 11.3 Å². The van der Waals surface area contributed by atoms with Crippen molar-refractivity contribution in [3.05, 3.63) is 29.8 Å². The molecule has 0 bridgehead atoms. The lowest BCUT2D eigenvalue weighted by Gasteiger charge is -2.17. The maximum absolute atomic E-state index is 13.9. The molecule has 2 unspecified atom stereocenters. The van der Waals surface area contributed by atoms with Gasteiger partial charge in [0.25, 0.3) is 0 Å². The minimum absolute atomic E-state index is 0.178. The summed E-state index contributed by atoms with van der Waals surface area (Å²) in [5.74, 6) is 0.835. The summed E-state index contributed by atoms with van der Waals surface area (Å²) in [5, 5.41) is 3.25. The summed E-state index contributed by atoms with van der Waals surface area (Å²) in [5.41, 5.74) is 1.32. The monoisotopic (exact) mass is 263 g/mol. The molecule has 0 spiro atoms. The molecule has 2 heterocycles. The lowest BCUT2D eigenvalue weighted by Crippen LogP contribution is -2.32. The van der Waals surface area contributed by atoms with Crippen LogP contribution >= 0.6 is 0 Å². The highest BCUT2D eigenvalue weighted by molar-refractivity contribution is 5.76. The number of aromatic nitrogens is 2. The largest absolute Gasteiger partial charge is 0.379 e. The molecule has 19 heavy (non-hydrogen) atoms. The number of hydrogen-bond acceptors (Lipinski definition) is 3. The molecule has 2 aromatic rings. The number of halogens is 1. The fraction of sp³-hybridized carbons (Fsp3) is 0.500. The van der Waals surface area contributed by atoms with Gasteiger partial charge in [-0.3, -0.25) is 0 Å². The molecule has 1 aromatic heterocycles. The van der Waals surface area contributed by atoms with Crippen molar-refractivity contribution in [2.75, 3.05) is 20.3 Å². The number of likely N-dealkylation sites (N-methyl/N-ethyl adjacent to an activating group) is 1. The molecule has 0 radical (unpaired) electrons. The average molecular weight is 263 g/mol. The first-order chi connectivity index (χ1) is 9.26. The summed E-state index contributed by atoms with van der Waals surface area (Å²) >= 11 is 0. The molecule has 2 atom stereocenters. The zero-order chi connectivity index (χ0) is 13.4. The van der Waals surface area contributed by atoms with Gasteiger partial charge in [-0.05, 0) is 26.1 Å². The van der Waals surface area contributed by atoms with Crippen molar-refractivity contribution in [2.45, 2.75) is 25.4 Å². The third kappa shape index (κ3) is 1.93. The molecule has 102 valence electrons. The number of para-hydroxylation sites is 1. The van der Waals surface area contributed by atoms with Crippen molar-refractivity contribution < 1.29 is 9.13 Å². The minimum atomic E-state index is -0.258. The Morgan fingerprint density at radius 2 is 2.32 bits per heavy atom. The van der Waals surface area contributed by atoms with Crippen LogP contribution in [0.25, 0.3) is 11.0 Å². The van der Waals surface area contributed by atoms with E-state index in [1.165, 1.54) is 6.07 Å². The van der Waals surface area contributed by atoms with Gasteiger partial charge < -0.3 is 14.6 Å². The molecule has 1 aliphatic rings. The first-order valence-electron chi connectivity index (χ1n) is 6.66. The molecule has 1 aromatic carbocycles. The van der Waals surface area contributed by atoms with E-state index >= 15 is 0 Å². The molecule has 1 aliphatic heterocycles. The van der Waals surface area contributed by atoms with E-state index in [0.717, 1.165) is 17.9 Å². The molecule has 1 fully saturated rings. The number of fused-ring (bicyclic) bond motifs is 1. The van der Waals surface area contributed by atoms with Crippen LogP contribution in [0.1, 0.15) is 18.7 Å². The number of nitrogens with zero attached hydrogens (tertiary/aromatic N) is 2. The highest BCUT2D eigenvalue weighted by Gasteiger charge is 2.32. The second-order valence-corrected chi connectivity index (χ2v) is 4.86. The molecular formula is C14H18FN3O. The van der Waals surface area contributed by atoms with E-state index in [0.29, 0.717) is 18.7 Å². The average Bonchev–Trinajstić information content (AvgIpc) is 3.02. The summed E-state index contributed by atoms with van der Waals surface area (Å²) in [6, 6.07) is 5.35. The van der Waals surface area contributed by atoms with Crippen molar-refractivity contribution in [3.63, 3.8) is 0 Å². The van der Waals surface area contributed by atoms with Gasteiger partial charge >= 0.3 is 0 Å². The van der Waals surface area contributed by atoms with Crippen LogP contribution in [0.15, 0.2) is 18.2 Å². The van der Waals surface area contributed by atoms with Crippen LogP contribution in [0, 0.1) is 5.82 Å². The minimum Gasteiger partial charge on any atom is -0.379 e. The number of hydrogen-bond donors (Lipinski definition) is 1. The summed E-state index contributed by atoms with van der Waals surface area (Å²) in [7, 11) is 1.92. The smallest absolute Gasteiger partial charge is 0.151 e. The number of nitrogens with one attached hydrogen (secondary N) is 1. The summed E-state index contributed by atoms with van der Waals surface area (Å²) in [4.78, 5) is 4.53. The molecule has 4 nitrogen and oxygen atoms in total. The van der Waals surface area contributed by atoms with Gasteiger partial charge in [0.2, 0.25) is 0 Å². The maximum atomic E-state index is 13.9. The summed E-state index contributed by atoms with van der Waals surface area (Å²) in [6.07, 6.45) is 0. The Balaban J connectivity index is 2.15. The topological polar surface area (TPSA) is 39.1 Å². The Hall–Kier alpha value is -1.46. The molecule has 0 amide bonds. The SMILES string of the molecule is CCn1c(C2COCC2NC)nc2c(F)cccc21. The van der Waals surface area contributed by atoms with Crippen LogP contribution in [-0.4, -0.2) is 35.9 Å². The summed E-state index contributed by atoms with van der Waals surface area (Å²) < 4.78 is 21.5. The quantitative estimate of drug-likeness (QED) is 0.919. The molecular weight excluding hydrogens is 245 g/mol. The molecule has 1 N–H and O–H groups in total. The van der Waals surface area contributed by atoms with Crippen LogP contribution < -0.4 is 5.32 Å². The lowest BCUT2D eigenvalue weighted by molar-refractivity contribution is 0.187. The van der Waals surface area contributed by atoms with E-state index in [4.69, 9.17) is 4.74 Å². The van der Waals surface area contributed by atoms with E-state index < -0.39 is 0 Å². The van der Waals surface area contributed by atoms with Crippen LogP contribution in [0.4, 0.5) is 4.39 Å². The van der Waals surface area contributed by atoms with Gasteiger partial charge in [-0.25, -0.2) is 9.37 Å². The van der Waals surface area contributed by atoms with E-state index in [-0.39, 0.29) is 17.8 Å². The van der Waals surface area contributed by atoms with Gasteiger partial charge in [0.05, 0.1) is 24.6 Å².